The summed E-state index contributed by atoms with van der Waals surface area (Å²) in [6.45, 7) is 0. The molecule has 0 fully saturated rings. The minimum Gasteiger partial charge on any atom is -0.494 e. The maximum atomic E-state index is 13.1. The third-order valence-electron chi connectivity index (χ3n) is 1.57. The Labute approximate surface area is 86.3 Å². The molecule has 0 heterocycles. The molecule has 68 valence electrons. The summed E-state index contributed by atoms with van der Waals surface area (Å²) in [6.07, 6.45) is 0. The van der Waals surface area contributed by atoms with E-state index in [2.05, 4.69) is 4.74 Å². The van der Waals surface area contributed by atoms with Crippen LogP contribution < -0.4 is 8.43 Å². The summed E-state index contributed by atoms with van der Waals surface area (Å²) in [7, 11) is 6.55. The van der Waals surface area contributed by atoms with Gasteiger partial charge in [-0.15, -0.1) is 0 Å². The van der Waals surface area contributed by atoms with Crippen LogP contribution in [0.3, 0.4) is 0 Å². The summed E-state index contributed by atoms with van der Waals surface area (Å²) >= 11 is -1.62. The van der Waals surface area contributed by atoms with E-state index in [0.717, 1.165) is 0 Å². The van der Waals surface area contributed by atoms with Gasteiger partial charge in [-0.2, -0.15) is 0 Å². The summed E-state index contributed by atoms with van der Waals surface area (Å²) in [4.78, 5) is 0. The molecule has 0 atom stereocenters. The Balaban J connectivity index is 3.39. The van der Waals surface area contributed by atoms with Crippen LogP contribution in [0.5, 0.6) is 5.75 Å². The number of halogens is 4. The Morgan fingerprint density at radius 1 is 1.31 bits per heavy atom. The van der Waals surface area contributed by atoms with Crippen LogP contribution in [-0.2, 0) is 0 Å². The number of hydrogen-bond donors (Lipinski definition) is 0. The van der Waals surface area contributed by atoms with Crippen LogP contribution in [0.1, 0.15) is 0 Å². The lowest BCUT2D eigenvalue weighted by Gasteiger charge is -2.07. The van der Waals surface area contributed by atoms with Gasteiger partial charge in [0.15, 0.2) is 11.6 Å². The molecule has 1 nitrogen and oxygen atoms in total. The highest BCUT2D eigenvalue weighted by Gasteiger charge is 2.19. The van der Waals surface area contributed by atoms with Crippen LogP contribution >= 0.6 is 9.07 Å². The molecule has 0 bridgehead atoms. The molecule has 6 heteroatoms. The molecule has 0 saturated carbocycles. The average Bonchev–Trinajstić information content (AvgIpc) is 2.12. The predicted molar refractivity (Wildman–Crippen MR) is 44.1 cm³/mol. The van der Waals surface area contributed by atoms with Crippen molar-refractivity contribution in [2.75, 3.05) is 7.11 Å². The first-order chi connectivity index (χ1) is 6.11. The van der Waals surface area contributed by atoms with Gasteiger partial charge in [0.25, 0.3) is 0 Å². The first-order valence-corrected chi connectivity index (χ1v) is 6.22. The zero-order valence-corrected chi connectivity index (χ0v) is 8.87. The van der Waals surface area contributed by atoms with Crippen molar-refractivity contribution in [1.82, 2.24) is 0 Å². The number of benzene rings is 1. The highest BCUT2D eigenvalue weighted by Crippen LogP contribution is 2.18. The van der Waals surface area contributed by atoms with E-state index in [1.165, 1.54) is 7.11 Å². The highest BCUT2D eigenvalue weighted by atomic mass is 35.5. The van der Waals surface area contributed by atoms with E-state index in [4.69, 9.17) is 9.07 Å². The quantitative estimate of drug-likeness (QED) is 0.544. The normalized spacial score (nSPS) is 9.62. The molecule has 1 rings (SSSR count). The summed E-state index contributed by atoms with van der Waals surface area (Å²) in [5, 5.41) is 0. The maximum Gasteiger partial charge on any atom is 0.547 e. The highest BCUT2D eigenvalue weighted by molar-refractivity contribution is 7.01. The number of rotatable bonds is 2. The van der Waals surface area contributed by atoms with E-state index in [0.29, 0.717) is 6.07 Å². The van der Waals surface area contributed by atoms with E-state index < -0.39 is 36.7 Å². The fraction of sp³-hybridized carbons (Fsp3) is 0.143. The lowest BCUT2D eigenvalue weighted by atomic mass is 10.3. The molecule has 0 aliphatic carbocycles. The van der Waals surface area contributed by atoms with E-state index in [1.54, 1.807) is 0 Å². The Hall–Kier alpha value is -0.134. The van der Waals surface area contributed by atoms with Gasteiger partial charge in [-0.05, 0) is 0 Å². The van der Waals surface area contributed by atoms with Crippen molar-refractivity contribution in [1.29, 1.82) is 0 Å². The molecular weight excluding hydrogens is 217 g/mol. The van der Waals surface area contributed by atoms with Gasteiger partial charge in [-0.1, -0.05) is 3.69 Å². The molecular formula is C7H4ClF3MgO. The number of hydrogen-bond acceptors (Lipinski definition) is 1. The molecule has 1 aromatic rings. The lowest BCUT2D eigenvalue weighted by Crippen LogP contribution is -2.21. The Kier molecular flexibility index (Phi) is 3.70. The minimum atomic E-state index is -1.62. The molecule has 0 aliphatic rings. The number of ether oxygens (including phenoxy) is 1. The lowest BCUT2D eigenvalue weighted by molar-refractivity contribution is 0.379. The third-order valence-corrected chi connectivity index (χ3v) is 3.26. The van der Waals surface area contributed by atoms with Gasteiger partial charge in [0.1, 0.15) is 11.6 Å². The van der Waals surface area contributed by atoms with Gasteiger partial charge in [0.05, 0.1) is 7.11 Å². The summed E-state index contributed by atoms with van der Waals surface area (Å²) in [6, 6.07) is 0.662. The summed E-state index contributed by atoms with van der Waals surface area (Å²) in [5.74, 6) is -3.56. The van der Waals surface area contributed by atoms with Gasteiger partial charge in [-0.25, -0.2) is 13.2 Å². The second-order valence-corrected chi connectivity index (χ2v) is 4.08. The first kappa shape index (κ1) is 10.9. The number of methoxy groups -OCH3 is 1. The van der Waals surface area contributed by atoms with Crippen LogP contribution in [0.15, 0.2) is 6.07 Å². The molecule has 1 aromatic carbocycles. The van der Waals surface area contributed by atoms with Crippen LogP contribution in [0.4, 0.5) is 13.2 Å². The van der Waals surface area contributed by atoms with Gasteiger partial charge >= 0.3 is 19.3 Å². The molecule has 0 saturated heterocycles. The first-order valence-electron chi connectivity index (χ1n) is 3.38. The smallest absolute Gasteiger partial charge is 0.494 e. The molecule has 0 amide bonds. The van der Waals surface area contributed by atoms with Crippen molar-refractivity contribution >= 4 is 32.0 Å². The summed E-state index contributed by atoms with van der Waals surface area (Å²) in [5.41, 5.74) is 0. The molecule has 0 spiro atoms. The van der Waals surface area contributed by atoms with E-state index >= 15 is 0 Å². The fourth-order valence-corrected chi connectivity index (χ4v) is 2.18. The van der Waals surface area contributed by atoms with Crippen molar-refractivity contribution in [3.8, 4) is 5.75 Å². The van der Waals surface area contributed by atoms with Crippen LogP contribution in [0.25, 0.3) is 0 Å². The third kappa shape index (κ3) is 2.03. The predicted octanol–water partition coefficient (Wildman–Crippen LogP) is 1.60. The van der Waals surface area contributed by atoms with Gasteiger partial charge in [0.2, 0.25) is 0 Å². The standard InChI is InChI=1S/C7H4F3O.ClH.Mg/c1-11-7-3-5(9)4(8)2-6(7)10;;/h3H,1H3;1H;/q;;+1/p-1. The summed E-state index contributed by atoms with van der Waals surface area (Å²) < 4.78 is 42.9. The van der Waals surface area contributed by atoms with Crippen LogP contribution in [0, 0.1) is 17.5 Å². The van der Waals surface area contributed by atoms with Crippen molar-refractivity contribution in [3.05, 3.63) is 23.5 Å². The molecule has 0 radical (unpaired) electrons. The SMILES string of the molecule is COc1cc(F)c(F)[c]([Mg][Cl])c1F. The average molecular weight is 221 g/mol. The minimum absolute atomic E-state index is 0.318. The maximum absolute atomic E-state index is 13.1. The topological polar surface area (TPSA) is 9.23 Å². The van der Waals surface area contributed by atoms with Crippen molar-refractivity contribution < 1.29 is 17.9 Å². The monoisotopic (exact) mass is 220 g/mol. The molecule has 0 aromatic heterocycles. The van der Waals surface area contributed by atoms with Crippen molar-refractivity contribution in [2.45, 2.75) is 0 Å². The molecule has 0 unspecified atom stereocenters. The van der Waals surface area contributed by atoms with Crippen molar-refractivity contribution in [2.24, 2.45) is 0 Å². The zero-order chi connectivity index (χ0) is 10.0. The molecule has 13 heavy (non-hydrogen) atoms. The molecule has 0 N–H and O–H groups in total. The van der Waals surface area contributed by atoms with Crippen LogP contribution in [-0.4, -0.2) is 26.4 Å². The van der Waals surface area contributed by atoms with E-state index in [-0.39, 0.29) is 9.44 Å². The Morgan fingerprint density at radius 3 is 2.38 bits per heavy atom. The Bertz CT molecular complexity index is 332. The molecule has 0 aliphatic heterocycles. The second-order valence-electron chi connectivity index (χ2n) is 2.30. The van der Waals surface area contributed by atoms with Crippen molar-refractivity contribution in [3.63, 3.8) is 0 Å². The van der Waals surface area contributed by atoms with E-state index in [9.17, 15) is 13.2 Å². The van der Waals surface area contributed by atoms with E-state index in [1.807, 2.05) is 0 Å². The zero-order valence-electron chi connectivity index (χ0n) is 6.70. The van der Waals surface area contributed by atoms with Gasteiger partial charge < -0.3 is 13.8 Å². The van der Waals surface area contributed by atoms with Gasteiger partial charge in [-0.3, -0.25) is 0 Å². The van der Waals surface area contributed by atoms with Crippen LogP contribution in [0.2, 0.25) is 0 Å². The Morgan fingerprint density at radius 2 is 1.92 bits per heavy atom. The fourth-order valence-electron chi connectivity index (χ4n) is 0.897. The largest absolute Gasteiger partial charge is 0.547 e. The second kappa shape index (κ2) is 4.39. The van der Waals surface area contributed by atoms with Gasteiger partial charge in [0, 0.05) is 6.07 Å².